The fraction of sp³-hybridized carbons (Fsp3) is 0.714. The van der Waals surface area contributed by atoms with Crippen LogP contribution in [0, 0.1) is 5.41 Å². The summed E-state index contributed by atoms with van der Waals surface area (Å²) in [5.74, 6) is 0. The third-order valence-corrected chi connectivity index (χ3v) is 7.88. The van der Waals surface area contributed by atoms with Crippen LogP contribution < -0.4 is 5.32 Å². The molecule has 1 N–H and O–H groups in total. The van der Waals surface area contributed by atoms with E-state index in [1.165, 1.54) is 11.3 Å². The molecule has 1 aromatic rings. The fourth-order valence-corrected chi connectivity index (χ4v) is 5.90. The molecule has 2 heterocycles. The third kappa shape index (κ3) is 2.93. The van der Waals surface area contributed by atoms with Crippen molar-refractivity contribution in [1.29, 1.82) is 0 Å². The van der Waals surface area contributed by atoms with Crippen molar-refractivity contribution in [3.8, 4) is 0 Å². The van der Waals surface area contributed by atoms with E-state index in [9.17, 15) is 8.42 Å². The summed E-state index contributed by atoms with van der Waals surface area (Å²) < 4.78 is 27.5. The van der Waals surface area contributed by atoms with Gasteiger partial charge in [-0.05, 0) is 43.9 Å². The van der Waals surface area contributed by atoms with Gasteiger partial charge < -0.3 is 5.32 Å². The molecule has 6 heteroatoms. The SMILES string of the molecule is CCC1(CC)CCN(S(=O)(=O)c2ccc(CNC)s2)C1. The van der Waals surface area contributed by atoms with Gasteiger partial charge in [0.15, 0.2) is 0 Å². The Morgan fingerprint density at radius 2 is 2.05 bits per heavy atom. The molecule has 0 radical (unpaired) electrons. The third-order valence-electron chi connectivity index (χ3n) is 4.49. The number of nitrogens with one attached hydrogen (secondary N) is 1. The molecule has 0 bridgehead atoms. The molecular formula is C14H24N2O2S2. The number of thiophene rings is 1. The average molecular weight is 316 g/mol. The first-order chi connectivity index (χ1) is 9.47. The summed E-state index contributed by atoms with van der Waals surface area (Å²) in [6.07, 6.45) is 3.07. The van der Waals surface area contributed by atoms with Crippen LogP contribution in [0.25, 0.3) is 0 Å². The molecular weight excluding hydrogens is 292 g/mol. The molecule has 1 aliphatic heterocycles. The first-order valence-electron chi connectivity index (χ1n) is 7.21. The van der Waals surface area contributed by atoms with Crippen LogP contribution in [0.3, 0.4) is 0 Å². The summed E-state index contributed by atoms with van der Waals surface area (Å²) in [6.45, 7) is 6.37. The lowest BCUT2D eigenvalue weighted by atomic mass is 9.82. The second kappa shape index (κ2) is 6.13. The van der Waals surface area contributed by atoms with E-state index in [2.05, 4.69) is 19.2 Å². The lowest BCUT2D eigenvalue weighted by molar-refractivity contribution is 0.280. The second-order valence-electron chi connectivity index (χ2n) is 5.55. The topological polar surface area (TPSA) is 49.4 Å². The molecule has 1 aliphatic rings. The standard InChI is InChI=1S/C14H24N2O2S2/c1-4-14(5-2)8-9-16(11-14)20(17,18)13-7-6-12(19-13)10-15-3/h6-7,15H,4-5,8-11H2,1-3H3. The van der Waals surface area contributed by atoms with Crippen LogP contribution in [-0.2, 0) is 16.6 Å². The Kier molecular flexibility index (Phi) is 4.89. The molecule has 0 atom stereocenters. The highest BCUT2D eigenvalue weighted by atomic mass is 32.2. The van der Waals surface area contributed by atoms with Gasteiger partial charge in [0.2, 0.25) is 0 Å². The summed E-state index contributed by atoms with van der Waals surface area (Å²) >= 11 is 1.37. The van der Waals surface area contributed by atoms with Gasteiger partial charge in [0, 0.05) is 24.5 Å². The van der Waals surface area contributed by atoms with Crippen LogP contribution >= 0.6 is 11.3 Å². The van der Waals surface area contributed by atoms with Crippen molar-refractivity contribution in [1.82, 2.24) is 9.62 Å². The Morgan fingerprint density at radius 3 is 2.60 bits per heavy atom. The van der Waals surface area contributed by atoms with E-state index in [0.717, 1.165) is 24.1 Å². The molecule has 20 heavy (non-hydrogen) atoms. The predicted molar refractivity (Wildman–Crippen MR) is 83.5 cm³/mol. The fourth-order valence-electron chi connectivity index (χ4n) is 2.82. The van der Waals surface area contributed by atoms with Gasteiger partial charge in [0.05, 0.1) is 0 Å². The molecule has 114 valence electrons. The molecule has 0 amide bonds. The highest BCUT2D eigenvalue weighted by molar-refractivity contribution is 7.91. The maximum atomic E-state index is 12.7. The first-order valence-corrected chi connectivity index (χ1v) is 9.46. The molecule has 0 spiro atoms. The maximum Gasteiger partial charge on any atom is 0.252 e. The van der Waals surface area contributed by atoms with Crippen molar-refractivity contribution in [2.45, 2.75) is 43.9 Å². The van der Waals surface area contributed by atoms with Crippen LogP contribution in [0.4, 0.5) is 0 Å². The zero-order chi connectivity index (χ0) is 14.8. The molecule has 0 aromatic carbocycles. The summed E-state index contributed by atoms with van der Waals surface area (Å²) in [7, 11) is -1.44. The van der Waals surface area contributed by atoms with Gasteiger partial charge in [-0.15, -0.1) is 11.3 Å². The van der Waals surface area contributed by atoms with Crippen molar-refractivity contribution in [3.05, 3.63) is 17.0 Å². The number of nitrogens with zero attached hydrogens (tertiary/aromatic N) is 1. The van der Waals surface area contributed by atoms with Gasteiger partial charge in [0.25, 0.3) is 10.0 Å². The summed E-state index contributed by atoms with van der Waals surface area (Å²) in [5, 5.41) is 3.05. The first kappa shape index (κ1) is 15.9. The molecule has 0 unspecified atom stereocenters. The Morgan fingerprint density at radius 1 is 1.35 bits per heavy atom. The molecule has 1 saturated heterocycles. The highest BCUT2D eigenvalue weighted by Crippen LogP contribution is 2.40. The van der Waals surface area contributed by atoms with E-state index >= 15 is 0 Å². The van der Waals surface area contributed by atoms with Gasteiger partial charge in [0.1, 0.15) is 4.21 Å². The van der Waals surface area contributed by atoms with E-state index in [1.54, 1.807) is 10.4 Å². The molecule has 2 rings (SSSR count). The second-order valence-corrected chi connectivity index (χ2v) is 8.88. The van der Waals surface area contributed by atoms with E-state index < -0.39 is 10.0 Å². The monoisotopic (exact) mass is 316 g/mol. The minimum Gasteiger partial charge on any atom is -0.315 e. The van der Waals surface area contributed by atoms with Crippen molar-refractivity contribution in [3.63, 3.8) is 0 Å². The van der Waals surface area contributed by atoms with Gasteiger partial charge in [-0.25, -0.2) is 8.42 Å². The lowest BCUT2D eigenvalue weighted by Crippen LogP contribution is -2.31. The molecule has 0 aliphatic carbocycles. The van der Waals surface area contributed by atoms with Crippen LogP contribution in [0.15, 0.2) is 16.3 Å². The van der Waals surface area contributed by atoms with Crippen molar-refractivity contribution in [2.24, 2.45) is 5.41 Å². The van der Waals surface area contributed by atoms with Gasteiger partial charge >= 0.3 is 0 Å². The average Bonchev–Trinajstić information content (AvgIpc) is 3.06. The van der Waals surface area contributed by atoms with E-state index in [-0.39, 0.29) is 5.41 Å². The lowest BCUT2D eigenvalue weighted by Gasteiger charge is -2.26. The summed E-state index contributed by atoms with van der Waals surface area (Å²) in [6, 6.07) is 3.64. The van der Waals surface area contributed by atoms with Crippen molar-refractivity contribution in [2.75, 3.05) is 20.1 Å². The summed E-state index contributed by atoms with van der Waals surface area (Å²) in [4.78, 5) is 1.06. The van der Waals surface area contributed by atoms with E-state index in [0.29, 0.717) is 23.8 Å². The number of sulfonamides is 1. The van der Waals surface area contributed by atoms with Gasteiger partial charge in [-0.3, -0.25) is 0 Å². The van der Waals surface area contributed by atoms with E-state index in [1.807, 2.05) is 13.1 Å². The van der Waals surface area contributed by atoms with Crippen molar-refractivity contribution < 1.29 is 8.42 Å². The minimum atomic E-state index is -3.30. The van der Waals surface area contributed by atoms with Crippen LogP contribution in [0.5, 0.6) is 0 Å². The Bertz CT molecular complexity index is 547. The molecule has 0 saturated carbocycles. The highest BCUT2D eigenvalue weighted by Gasteiger charge is 2.40. The molecule has 4 nitrogen and oxygen atoms in total. The summed E-state index contributed by atoms with van der Waals surface area (Å²) in [5.41, 5.74) is 0.179. The number of rotatable bonds is 6. The maximum absolute atomic E-state index is 12.7. The van der Waals surface area contributed by atoms with Gasteiger partial charge in [-0.1, -0.05) is 13.8 Å². The minimum absolute atomic E-state index is 0.179. The van der Waals surface area contributed by atoms with Crippen molar-refractivity contribution >= 4 is 21.4 Å². The predicted octanol–water partition coefficient (Wildman–Crippen LogP) is 2.67. The Balaban J connectivity index is 2.19. The van der Waals surface area contributed by atoms with E-state index in [4.69, 9.17) is 0 Å². The normalized spacial score (nSPS) is 19.6. The molecule has 1 aromatic heterocycles. The Labute approximate surface area is 126 Å². The number of hydrogen-bond acceptors (Lipinski definition) is 4. The van der Waals surface area contributed by atoms with Crippen LogP contribution in [0.1, 0.15) is 38.0 Å². The zero-order valence-electron chi connectivity index (χ0n) is 12.5. The van der Waals surface area contributed by atoms with Gasteiger partial charge in [-0.2, -0.15) is 4.31 Å². The largest absolute Gasteiger partial charge is 0.315 e. The molecule has 1 fully saturated rings. The van der Waals surface area contributed by atoms with Crippen LogP contribution in [0.2, 0.25) is 0 Å². The number of hydrogen-bond donors (Lipinski definition) is 1. The smallest absolute Gasteiger partial charge is 0.252 e. The zero-order valence-corrected chi connectivity index (χ0v) is 14.1. The Hall–Kier alpha value is -0.430. The van der Waals surface area contributed by atoms with Crippen LogP contribution in [-0.4, -0.2) is 32.9 Å². The quantitative estimate of drug-likeness (QED) is 0.878.